The fourth-order valence-corrected chi connectivity index (χ4v) is 4.10. The lowest BCUT2D eigenvalue weighted by molar-refractivity contribution is -0.140. The van der Waals surface area contributed by atoms with Crippen LogP contribution in [0.15, 0.2) is 97.1 Å². The summed E-state index contributed by atoms with van der Waals surface area (Å²) in [6.07, 6.45) is 0.444. The maximum Gasteiger partial charge on any atom is 0.223 e. The van der Waals surface area contributed by atoms with E-state index in [0.717, 1.165) is 22.0 Å². The van der Waals surface area contributed by atoms with Gasteiger partial charge in [0.25, 0.3) is 0 Å². The number of aromatic nitrogens is 1. The number of amides is 1. The normalized spacial score (nSPS) is 13.9. The largest absolute Gasteiger partial charge is 0.471 e. The summed E-state index contributed by atoms with van der Waals surface area (Å²) in [5, 5.41) is 1.09. The summed E-state index contributed by atoms with van der Waals surface area (Å²) in [5.74, 6) is 0.822. The fraction of sp³-hybridized carbons (Fsp3) is 0.185. The van der Waals surface area contributed by atoms with E-state index in [9.17, 15) is 4.79 Å². The van der Waals surface area contributed by atoms with Crippen LogP contribution in [0.4, 0.5) is 0 Å². The second-order valence-electron chi connectivity index (χ2n) is 7.96. The second-order valence-corrected chi connectivity index (χ2v) is 7.96. The maximum absolute atomic E-state index is 13.0. The van der Waals surface area contributed by atoms with Gasteiger partial charge in [-0.2, -0.15) is 0 Å². The Morgan fingerprint density at radius 3 is 2.13 bits per heavy atom. The topological polar surface area (TPSA) is 42.4 Å². The number of hydrogen-bond acceptors (Lipinski definition) is 3. The third kappa shape index (κ3) is 4.29. The van der Waals surface area contributed by atoms with Gasteiger partial charge in [-0.05, 0) is 23.3 Å². The van der Waals surface area contributed by atoms with Crippen LogP contribution in [0.25, 0.3) is 10.9 Å². The number of likely N-dealkylation sites (tertiary alicyclic amines) is 1. The molecule has 1 aliphatic rings. The van der Waals surface area contributed by atoms with Crippen LogP contribution in [0.1, 0.15) is 23.5 Å². The summed E-state index contributed by atoms with van der Waals surface area (Å²) in [7, 11) is 0. The van der Waals surface area contributed by atoms with Gasteiger partial charge in [0, 0.05) is 23.8 Å². The summed E-state index contributed by atoms with van der Waals surface area (Å²) in [6.45, 7) is 1.20. The Labute approximate surface area is 182 Å². The third-order valence-corrected chi connectivity index (χ3v) is 5.84. The molecule has 0 bridgehead atoms. The highest BCUT2D eigenvalue weighted by Gasteiger charge is 2.34. The van der Waals surface area contributed by atoms with E-state index < -0.39 is 0 Å². The quantitative estimate of drug-likeness (QED) is 0.449. The monoisotopic (exact) mass is 408 g/mol. The molecule has 4 nitrogen and oxygen atoms in total. The minimum Gasteiger partial charge on any atom is -0.471 e. The molecule has 2 heterocycles. The van der Waals surface area contributed by atoms with Crippen molar-refractivity contribution in [2.24, 2.45) is 0 Å². The predicted molar refractivity (Wildman–Crippen MR) is 122 cm³/mol. The SMILES string of the molecule is O=C(CC(c1ccccc1)c1ccccc1)N1CC(Oc2ccc3ccccc3n2)C1. The van der Waals surface area contributed by atoms with Crippen molar-refractivity contribution in [3.63, 3.8) is 0 Å². The number of rotatable bonds is 6. The van der Waals surface area contributed by atoms with Crippen LogP contribution in [0.2, 0.25) is 0 Å². The van der Waals surface area contributed by atoms with Crippen molar-refractivity contribution in [3.05, 3.63) is 108 Å². The number of ether oxygens (including phenoxy) is 1. The second kappa shape index (κ2) is 8.60. The Hall–Kier alpha value is -3.66. The number of nitrogens with zero attached hydrogens (tertiary/aromatic N) is 2. The summed E-state index contributed by atoms with van der Waals surface area (Å²) < 4.78 is 6.01. The molecule has 0 spiro atoms. The molecule has 1 saturated heterocycles. The zero-order valence-electron chi connectivity index (χ0n) is 17.2. The molecule has 3 aromatic carbocycles. The van der Waals surface area contributed by atoms with E-state index in [4.69, 9.17) is 4.74 Å². The lowest BCUT2D eigenvalue weighted by Crippen LogP contribution is -2.56. The van der Waals surface area contributed by atoms with Crippen molar-refractivity contribution in [3.8, 4) is 5.88 Å². The standard InChI is InChI=1S/C27H24N2O2/c30-27(17-24(20-9-3-1-4-10-20)21-11-5-2-6-12-21)29-18-23(19-29)31-26-16-15-22-13-7-8-14-25(22)28-26/h1-16,23-24H,17-19H2. The van der Waals surface area contributed by atoms with E-state index in [1.807, 2.05) is 77.7 Å². The zero-order valence-corrected chi connectivity index (χ0v) is 17.2. The highest BCUT2D eigenvalue weighted by molar-refractivity contribution is 5.79. The Bertz CT molecular complexity index is 1130. The van der Waals surface area contributed by atoms with Crippen LogP contribution in [0.3, 0.4) is 0 Å². The maximum atomic E-state index is 13.0. The number of carbonyl (C=O) groups excluding carboxylic acids is 1. The molecule has 0 N–H and O–H groups in total. The number of pyridine rings is 1. The molecule has 154 valence electrons. The molecule has 0 saturated carbocycles. The fourth-order valence-electron chi connectivity index (χ4n) is 4.10. The summed E-state index contributed by atoms with van der Waals surface area (Å²) in [6, 6.07) is 32.4. The van der Waals surface area contributed by atoms with Crippen molar-refractivity contribution in [1.29, 1.82) is 0 Å². The average molecular weight is 409 g/mol. The summed E-state index contributed by atoms with van der Waals surface area (Å²) in [4.78, 5) is 19.5. The molecule has 5 rings (SSSR count). The van der Waals surface area contributed by atoms with Gasteiger partial charge in [0.1, 0.15) is 6.10 Å². The van der Waals surface area contributed by atoms with E-state index in [1.54, 1.807) is 0 Å². The first kappa shape index (κ1) is 19.3. The highest BCUT2D eigenvalue weighted by atomic mass is 16.5. The molecular weight excluding hydrogens is 384 g/mol. The molecule has 1 fully saturated rings. The van der Waals surface area contributed by atoms with Gasteiger partial charge in [0.05, 0.1) is 18.6 Å². The van der Waals surface area contributed by atoms with Crippen molar-refractivity contribution >= 4 is 16.8 Å². The smallest absolute Gasteiger partial charge is 0.223 e. The molecule has 0 aliphatic carbocycles. The van der Waals surface area contributed by atoms with Gasteiger partial charge in [-0.25, -0.2) is 4.98 Å². The first-order valence-corrected chi connectivity index (χ1v) is 10.7. The van der Waals surface area contributed by atoms with Gasteiger partial charge in [0.2, 0.25) is 11.8 Å². The van der Waals surface area contributed by atoms with Gasteiger partial charge in [-0.3, -0.25) is 4.79 Å². The number of para-hydroxylation sites is 1. The van der Waals surface area contributed by atoms with E-state index in [2.05, 4.69) is 29.2 Å². The Morgan fingerprint density at radius 2 is 1.45 bits per heavy atom. The van der Waals surface area contributed by atoms with Crippen LogP contribution in [-0.2, 0) is 4.79 Å². The third-order valence-electron chi connectivity index (χ3n) is 5.84. The molecule has 4 heteroatoms. The number of carbonyl (C=O) groups is 1. The van der Waals surface area contributed by atoms with Crippen molar-refractivity contribution < 1.29 is 9.53 Å². The van der Waals surface area contributed by atoms with E-state index in [0.29, 0.717) is 25.4 Å². The summed E-state index contributed by atoms with van der Waals surface area (Å²) in [5.41, 5.74) is 3.24. The molecule has 1 aromatic heterocycles. The number of fused-ring (bicyclic) bond motifs is 1. The first-order chi connectivity index (χ1) is 15.3. The molecule has 1 amide bonds. The van der Waals surface area contributed by atoms with Crippen molar-refractivity contribution in [2.45, 2.75) is 18.4 Å². The van der Waals surface area contributed by atoms with Crippen LogP contribution in [0.5, 0.6) is 5.88 Å². The van der Waals surface area contributed by atoms with Gasteiger partial charge in [0.15, 0.2) is 0 Å². The highest BCUT2D eigenvalue weighted by Crippen LogP contribution is 2.30. The minimum absolute atomic E-state index is 0.00971. The lowest BCUT2D eigenvalue weighted by Gasteiger charge is -2.39. The zero-order chi connectivity index (χ0) is 21.0. The molecule has 1 aliphatic heterocycles. The van der Waals surface area contributed by atoms with Gasteiger partial charge in [-0.15, -0.1) is 0 Å². The number of benzene rings is 3. The van der Waals surface area contributed by atoms with E-state index >= 15 is 0 Å². The first-order valence-electron chi connectivity index (χ1n) is 10.7. The average Bonchev–Trinajstić information content (AvgIpc) is 2.80. The van der Waals surface area contributed by atoms with Crippen LogP contribution >= 0.6 is 0 Å². The van der Waals surface area contributed by atoms with Crippen LogP contribution in [0, 0.1) is 0 Å². The molecule has 0 radical (unpaired) electrons. The molecule has 0 atom stereocenters. The Morgan fingerprint density at radius 1 is 0.839 bits per heavy atom. The molecule has 4 aromatic rings. The Kier molecular flexibility index (Phi) is 5.36. The van der Waals surface area contributed by atoms with Crippen molar-refractivity contribution in [1.82, 2.24) is 9.88 Å². The molecule has 0 unspecified atom stereocenters. The number of hydrogen-bond donors (Lipinski definition) is 0. The lowest BCUT2D eigenvalue weighted by atomic mass is 9.88. The van der Waals surface area contributed by atoms with Crippen LogP contribution < -0.4 is 4.74 Å². The minimum atomic E-state index is -0.00971. The molecule has 31 heavy (non-hydrogen) atoms. The van der Waals surface area contributed by atoms with Crippen LogP contribution in [-0.4, -0.2) is 35.0 Å². The predicted octanol–water partition coefficient (Wildman–Crippen LogP) is 5.05. The van der Waals surface area contributed by atoms with Gasteiger partial charge < -0.3 is 9.64 Å². The van der Waals surface area contributed by atoms with E-state index in [1.165, 1.54) is 0 Å². The van der Waals surface area contributed by atoms with Gasteiger partial charge >= 0.3 is 0 Å². The molecular formula is C27H24N2O2. The summed E-state index contributed by atoms with van der Waals surface area (Å²) >= 11 is 0. The van der Waals surface area contributed by atoms with Gasteiger partial charge in [-0.1, -0.05) is 78.9 Å². The van der Waals surface area contributed by atoms with E-state index in [-0.39, 0.29) is 17.9 Å². The van der Waals surface area contributed by atoms with Crippen molar-refractivity contribution in [2.75, 3.05) is 13.1 Å². The Balaban J connectivity index is 1.22.